The minimum absolute atomic E-state index is 0.0665. The molecule has 1 heterocycles. The maximum atomic E-state index is 12.7. The lowest BCUT2D eigenvalue weighted by atomic mass is 10.2. The van der Waals surface area contributed by atoms with Crippen molar-refractivity contribution >= 4 is 23.6 Å². The van der Waals surface area contributed by atoms with Crippen molar-refractivity contribution in [2.24, 2.45) is 0 Å². The first-order chi connectivity index (χ1) is 9.97. The third-order valence-electron chi connectivity index (χ3n) is 3.28. The number of amides is 1. The van der Waals surface area contributed by atoms with E-state index in [0.29, 0.717) is 5.75 Å². The summed E-state index contributed by atoms with van der Waals surface area (Å²) in [6.07, 6.45) is -0.523. The van der Waals surface area contributed by atoms with E-state index in [9.17, 15) is 19.1 Å². The van der Waals surface area contributed by atoms with Gasteiger partial charge >= 0.3 is 5.97 Å². The lowest BCUT2D eigenvalue weighted by molar-refractivity contribution is -0.148. The van der Waals surface area contributed by atoms with E-state index in [2.05, 4.69) is 0 Å². The van der Waals surface area contributed by atoms with Crippen LogP contribution in [0, 0.1) is 5.82 Å². The largest absolute Gasteiger partial charge is 0.480 e. The Hall–Kier alpha value is -1.60. The fraction of sp³-hybridized carbons (Fsp3) is 0.429. The van der Waals surface area contributed by atoms with Crippen LogP contribution in [0.1, 0.15) is 12.8 Å². The van der Waals surface area contributed by atoms with E-state index in [1.807, 2.05) is 0 Å². The van der Waals surface area contributed by atoms with E-state index in [1.165, 1.54) is 28.8 Å². The number of rotatable bonds is 5. The molecule has 1 aliphatic rings. The highest BCUT2D eigenvalue weighted by atomic mass is 32.2. The third-order valence-corrected chi connectivity index (χ3v) is 4.30. The number of halogens is 1. The molecule has 5 nitrogen and oxygen atoms in total. The number of nitrogens with zero attached hydrogens (tertiary/aromatic N) is 1. The van der Waals surface area contributed by atoms with E-state index in [4.69, 9.17) is 5.11 Å². The van der Waals surface area contributed by atoms with Gasteiger partial charge in [0.15, 0.2) is 0 Å². The molecule has 1 aliphatic heterocycles. The van der Waals surface area contributed by atoms with Crippen LogP contribution >= 0.6 is 11.8 Å². The van der Waals surface area contributed by atoms with Crippen LogP contribution in [0.2, 0.25) is 0 Å². The normalized spacial score (nSPS) is 21.5. The molecule has 0 saturated carbocycles. The molecular weight excluding hydrogens is 297 g/mol. The van der Waals surface area contributed by atoms with Crippen LogP contribution in [0.25, 0.3) is 0 Å². The second-order valence-electron chi connectivity index (χ2n) is 4.84. The molecule has 2 atom stereocenters. The van der Waals surface area contributed by atoms with Gasteiger partial charge in [-0.3, -0.25) is 4.79 Å². The number of aliphatic carboxylic acids is 1. The van der Waals surface area contributed by atoms with Gasteiger partial charge in [-0.2, -0.15) is 0 Å². The Balaban J connectivity index is 1.84. The zero-order valence-electron chi connectivity index (χ0n) is 11.2. The Morgan fingerprint density at radius 3 is 2.62 bits per heavy atom. The van der Waals surface area contributed by atoms with Gasteiger partial charge in [-0.05, 0) is 24.3 Å². The fourth-order valence-electron chi connectivity index (χ4n) is 2.25. The molecule has 2 N–H and O–H groups in total. The fourth-order valence-corrected chi connectivity index (χ4v) is 3.10. The van der Waals surface area contributed by atoms with Gasteiger partial charge in [-0.1, -0.05) is 0 Å². The van der Waals surface area contributed by atoms with Crippen molar-refractivity contribution in [3.63, 3.8) is 0 Å². The van der Waals surface area contributed by atoms with Crippen molar-refractivity contribution in [1.82, 2.24) is 4.90 Å². The molecule has 2 rings (SSSR count). The Morgan fingerprint density at radius 2 is 2.00 bits per heavy atom. The Morgan fingerprint density at radius 1 is 1.33 bits per heavy atom. The number of aliphatic hydroxyl groups is 1. The number of hydrogen-bond acceptors (Lipinski definition) is 4. The summed E-state index contributed by atoms with van der Waals surface area (Å²) in [5.74, 6) is -1.21. The zero-order valence-corrected chi connectivity index (χ0v) is 12.1. The molecular formula is C14H16FNO4S. The van der Waals surface area contributed by atoms with E-state index < -0.39 is 18.1 Å². The van der Waals surface area contributed by atoms with Crippen LogP contribution in [-0.2, 0) is 9.59 Å². The number of likely N-dealkylation sites (tertiary alicyclic amines) is 1. The van der Waals surface area contributed by atoms with Gasteiger partial charge in [0.25, 0.3) is 0 Å². The lowest BCUT2D eigenvalue weighted by Gasteiger charge is -2.20. The molecule has 7 heteroatoms. The molecule has 114 valence electrons. The van der Waals surface area contributed by atoms with Gasteiger partial charge in [0, 0.05) is 30.0 Å². The quantitative estimate of drug-likeness (QED) is 0.803. The molecule has 0 bridgehead atoms. The number of carbonyl (C=O) groups excluding carboxylic acids is 1. The summed E-state index contributed by atoms with van der Waals surface area (Å²) in [5.41, 5.74) is 0. The Bertz CT molecular complexity index is 522. The summed E-state index contributed by atoms with van der Waals surface area (Å²) in [4.78, 5) is 25.1. The molecule has 1 aromatic rings. The van der Waals surface area contributed by atoms with Crippen molar-refractivity contribution in [3.05, 3.63) is 30.1 Å². The van der Waals surface area contributed by atoms with Gasteiger partial charge in [-0.25, -0.2) is 9.18 Å². The maximum Gasteiger partial charge on any atom is 0.326 e. The highest BCUT2D eigenvalue weighted by Gasteiger charge is 2.38. The summed E-state index contributed by atoms with van der Waals surface area (Å²) in [6, 6.07) is 5.01. The van der Waals surface area contributed by atoms with Crippen molar-refractivity contribution < 1.29 is 24.2 Å². The second kappa shape index (κ2) is 6.91. The first-order valence-corrected chi connectivity index (χ1v) is 7.54. The molecule has 21 heavy (non-hydrogen) atoms. The summed E-state index contributed by atoms with van der Waals surface area (Å²) >= 11 is 1.40. The SMILES string of the molecule is O=C(O)[C@@H]1C[C@@H](O)CN1C(=O)CCSc1ccc(F)cc1. The van der Waals surface area contributed by atoms with E-state index in [0.717, 1.165) is 4.90 Å². The summed E-state index contributed by atoms with van der Waals surface area (Å²) in [6.45, 7) is 0.0665. The van der Waals surface area contributed by atoms with Gasteiger partial charge in [-0.15, -0.1) is 11.8 Å². The highest BCUT2D eigenvalue weighted by molar-refractivity contribution is 7.99. The molecule has 1 amide bonds. The van der Waals surface area contributed by atoms with Crippen molar-refractivity contribution in [1.29, 1.82) is 0 Å². The van der Waals surface area contributed by atoms with Crippen LogP contribution in [0.4, 0.5) is 4.39 Å². The minimum Gasteiger partial charge on any atom is -0.480 e. The highest BCUT2D eigenvalue weighted by Crippen LogP contribution is 2.22. The number of carbonyl (C=O) groups is 2. The number of hydrogen-bond donors (Lipinski definition) is 2. The standard InChI is InChI=1S/C14H16FNO4S/c15-9-1-3-11(4-2-9)21-6-5-13(18)16-8-10(17)7-12(16)14(19)20/h1-4,10,12,17H,5-8H2,(H,19,20)/t10-,12+/m1/s1. The van der Waals surface area contributed by atoms with Gasteiger partial charge in [0.05, 0.1) is 6.10 Å². The molecule has 0 unspecified atom stereocenters. The molecule has 0 aliphatic carbocycles. The number of aliphatic hydroxyl groups excluding tert-OH is 1. The van der Waals surface area contributed by atoms with E-state index >= 15 is 0 Å². The van der Waals surface area contributed by atoms with Crippen LogP contribution in [0.15, 0.2) is 29.2 Å². The average Bonchev–Trinajstić information content (AvgIpc) is 2.83. The zero-order chi connectivity index (χ0) is 15.4. The number of benzene rings is 1. The minimum atomic E-state index is -1.09. The van der Waals surface area contributed by atoms with Crippen LogP contribution in [-0.4, -0.2) is 51.4 Å². The molecule has 0 spiro atoms. The first kappa shape index (κ1) is 15.8. The van der Waals surface area contributed by atoms with Crippen LogP contribution in [0.5, 0.6) is 0 Å². The molecule has 1 saturated heterocycles. The van der Waals surface area contributed by atoms with E-state index in [-0.39, 0.29) is 31.1 Å². The predicted octanol–water partition coefficient (Wildman–Crippen LogP) is 1.35. The number of carboxylic acid groups (broad SMARTS) is 1. The number of β-amino-alcohol motifs (C(OH)–C–C–N with tert-alkyl or cyclic N) is 1. The number of carboxylic acids is 1. The lowest BCUT2D eigenvalue weighted by Crippen LogP contribution is -2.40. The smallest absolute Gasteiger partial charge is 0.326 e. The molecule has 0 radical (unpaired) electrons. The molecule has 0 aromatic heterocycles. The molecule has 1 fully saturated rings. The third kappa shape index (κ3) is 4.18. The van der Waals surface area contributed by atoms with Crippen molar-refractivity contribution in [3.8, 4) is 0 Å². The van der Waals surface area contributed by atoms with Crippen molar-refractivity contribution in [2.45, 2.75) is 29.9 Å². The topological polar surface area (TPSA) is 77.8 Å². The second-order valence-corrected chi connectivity index (χ2v) is 6.01. The maximum absolute atomic E-state index is 12.7. The summed E-state index contributed by atoms with van der Waals surface area (Å²) in [5, 5.41) is 18.5. The first-order valence-electron chi connectivity index (χ1n) is 6.56. The average molecular weight is 313 g/mol. The van der Waals surface area contributed by atoms with E-state index in [1.54, 1.807) is 12.1 Å². The van der Waals surface area contributed by atoms with Crippen molar-refractivity contribution in [2.75, 3.05) is 12.3 Å². The monoisotopic (exact) mass is 313 g/mol. The molecule has 1 aromatic carbocycles. The Labute approximate surface area is 125 Å². The summed E-state index contributed by atoms with van der Waals surface area (Å²) in [7, 11) is 0. The van der Waals surface area contributed by atoms with Gasteiger partial charge in [0.1, 0.15) is 11.9 Å². The van der Waals surface area contributed by atoms with Crippen LogP contribution in [0.3, 0.4) is 0 Å². The predicted molar refractivity (Wildman–Crippen MR) is 75.5 cm³/mol. The Kier molecular flexibility index (Phi) is 5.19. The number of thioether (sulfide) groups is 1. The summed E-state index contributed by atoms with van der Waals surface area (Å²) < 4.78 is 12.7. The van der Waals surface area contributed by atoms with Gasteiger partial charge < -0.3 is 15.1 Å². The van der Waals surface area contributed by atoms with Crippen LogP contribution < -0.4 is 0 Å². The van der Waals surface area contributed by atoms with Gasteiger partial charge in [0.2, 0.25) is 5.91 Å².